The van der Waals surface area contributed by atoms with Crippen LogP contribution >= 0.6 is 0 Å². The van der Waals surface area contributed by atoms with Gasteiger partial charge in [-0.25, -0.2) is 0 Å². The van der Waals surface area contributed by atoms with Crippen LogP contribution in [0.1, 0.15) is 38.3 Å². The molecular weight excluding hydrogens is 196 g/mol. The van der Waals surface area contributed by atoms with Gasteiger partial charge in [-0.2, -0.15) is 0 Å². The molecule has 1 heteroatoms. The van der Waals surface area contributed by atoms with Gasteiger partial charge in [0.05, 0.1) is 12.4 Å². The second-order valence-electron chi connectivity index (χ2n) is 3.46. The Balaban J connectivity index is 0.00000106. The van der Waals surface area contributed by atoms with Gasteiger partial charge >= 0.3 is 0 Å². The van der Waals surface area contributed by atoms with Crippen molar-refractivity contribution < 1.29 is 4.74 Å². The van der Waals surface area contributed by atoms with Crippen molar-refractivity contribution in [2.75, 3.05) is 6.61 Å². The van der Waals surface area contributed by atoms with Crippen LogP contribution in [0.2, 0.25) is 0 Å². The number of allylic oxidation sites excluding steroid dienone is 1. The van der Waals surface area contributed by atoms with E-state index in [2.05, 4.69) is 37.8 Å². The fraction of sp³-hybridized carbons (Fsp3) is 0.467. The van der Waals surface area contributed by atoms with Gasteiger partial charge in [-0.15, -0.1) is 0 Å². The number of aryl methyl sites for hydroxylation is 2. The summed E-state index contributed by atoms with van der Waals surface area (Å²) in [7, 11) is 0. The van der Waals surface area contributed by atoms with E-state index < -0.39 is 0 Å². The number of ether oxygens (including phenoxy) is 1. The quantitative estimate of drug-likeness (QED) is 0.664. The lowest BCUT2D eigenvalue weighted by Gasteiger charge is -2.06. The molecule has 90 valence electrons. The Bertz CT molecular complexity index is 302. The van der Waals surface area contributed by atoms with Crippen LogP contribution < -0.4 is 0 Å². The summed E-state index contributed by atoms with van der Waals surface area (Å²) in [6.07, 6.45) is 1.93. The van der Waals surface area contributed by atoms with Crippen LogP contribution in [0.4, 0.5) is 0 Å². The van der Waals surface area contributed by atoms with Crippen molar-refractivity contribution in [3.63, 3.8) is 0 Å². The van der Waals surface area contributed by atoms with Crippen molar-refractivity contribution in [2.24, 2.45) is 0 Å². The normalized spacial score (nSPS) is 9.00. The molecule has 1 rings (SSSR count). The van der Waals surface area contributed by atoms with E-state index in [0.29, 0.717) is 6.61 Å². The lowest BCUT2D eigenvalue weighted by Crippen LogP contribution is -1.93. The Morgan fingerprint density at radius 3 is 2.56 bits per heavy atom. The summed E-state index contributed by atoms with van der Waals surface area (Å²) >= 11 is 0. The third kappa shape index (κ3) is 6.28. The van der Waals surface area contributed by atoms with Gasteiger partial charge in [-0.05, 0) is 25.8 Å². The Morgan fingerprint density at radius 1 is 1.31 bits per heavy atom. The molecule has 0 atom stereocenters. The van der Waals surface area contributed by atoms with Crippen LogP contribution in [0.15, 0.2) is 36.6 Å². The van der Waals surface area contributed by atoms with Crippen LogP contribution in [0, 0.1) is 6.92 Å². The lowest BCUT2D eigenvalue weighted by molar-refractivity contribution is 0.220. The maximum atomic E-state index is 5.30. The summed E-state index contributed by atoms with van der Waals surface area (Å²) < 4.78 is 5.30. The Kier molecular flexibility index (Phi) is 8.32. The van der Waals surface area contributed by atoms with Crippen LogP contribution in [-0.2, 0) is 11.2 Å². The van der Waals surface area contributed by atoms with Gasteiger partial charge in [-0.3, -0.25) is 0 Å². The summed E-state index contributed by atoms with van der Waals surface area (Å²) in [6.45, 7) is 12.7. The zero-order valence-electron chi connectivity index (χ0n) is 11.0. The molecule has 0 N–H and O–H groups in total. The third-order valence-electron chi connectivity index (χ3n) is 2.12. The molecular formula is C15H24O. The van der Waals surface area contributed by atoms with E-state index in [0.717, 1.165) is 18.6 Å². The molecule has 0 unspecified atom stereocenters. The average molecular weight is 220 g/mol. The molecule has 0 aromatic heterocycles. The second-order valence-corrected chi connectivity index (χ2v) is 3.46. The lowest BCUT2D eigenvalue weighted by atomic mass is 10.1. The van der Waals surface area contributed by atoms with Crippen molar-refractivity contribution >= 4 is 0 Å². The highest BCUT2D eigenvalue weighted by molar-refractivity contribution is 5.22. The molecule has 0 aliphatic heterocycles. The maximum absolute atomic E-state index is 5.30. The molecule has 0 heterocycles. The molecule has 16 heavy (non-hydrogen) atoms. The van der Waals surface area contributed by atoms with Crippen molar-refractivity contribution in [3.8, 4) is 0 Å². The molecule has 0 aliphatic rings. The predicted molar refractivity (Wildman–Crippen MR) is 71.6 cm³/mol. The topological polar surface area (TPSA) is 9.23 Å². The molecule has 1 aromatic carbocycles. The highest BCUT2D eigenvalue weighted by Crippen LogP contribution is 2.10. The van der Waals surface area contributed by atoms with E-state index in [-0.39, 0.29) is 0 Å². The van der Waals surface area contributed by atoms with E-state index in [1.165, 1.54) is 11.1 Å². The Hall–Kier alpha value is -1.24. The standard InChI is InChI=1S/C13H18O.C2H6/c1-4-14-12(3)8-9-13-7-5-6-11(2)10-13;1-2/h5-7,10H,3-4,8-9H2,1-2H3;1-2H3. The van der Waals surface area contributed by atoms with Crippen LogP contribution in [0.5, 0.6) is 0 Å². The van der Waals surface area contributed by atoms with E-state index in [9.17, 15) is 0 Å². The molecule has 0 radical (unpaired) electrons. The van der Waals surface area contributed by atoms with Crippen molar-refractivity contribution in [3.05, 3.63) is 47.7 Å². The van der Waals surface area contributed by atoms with Crippen molar-refractivity contribution in [2.45, 2.75) is 40.5 Å². The van der Waals surface area contributed by atoms with Gasteiger partial charge in [0.1, 0.15) is 0 Å². The molecule has 1 aromatic rings. The fourth-order valence-corrected chi connectivity index (χ4v) is 1.43. The average Bonchev–Trinajstić information content (AvgIpc) is 2.30. The predicted octanol–water partition coefficient (Wildman–Crippen LogP) is 4.50. The zero-order chi connectivity index (χ0) is 12.4. The molecule has 0 amide bonds. The summed E-state index contributed by atoms with van der Waals surface area (Å²) in [5.74, 6) is 0.883. The minimum absolute atomic E-state index is 0.715. The van der Waals surface area contributed by atoms with Gasteiger partial charge in [0.25, 0.3) is 0 Å². The first-order valence-electron chi connectivity index (χ1n) is 6.08. The minimum Gasteiger partial charge on any atom is -0.499 e. The van der Waals surface area contributed by atoms with Crippen LogP contribution in [0.25, 0.3) is 0 Å². The SMILES string of the molecule is C=C(CCc1cccc(C)c1)OCC.CC. The monoisotopic (exact) mass is 220 g/mol. The van der Waals surface area contributed by atoms with E-state index >= 15 is 0 Å². The molecule has 0 aliphatic carbocycles. The van der Waals surface area contributed by atoms with Gasteiger partial charge < -0.3 is 4.74 Å². The molecule has 0 bridgehead atoms. The van der Waals surface area contributed by atoms with Crippen LogP contribution in [-0.4, -0.2) is 6.61 Å². The smallest absolute Gasteiger partial charge is 0.0891 e. The van der Waals surface area contributed by atoms with E-state index in [1.54, 1.807) is 0 Å². The molecule has 0 saturated heterocycles. The first-order valence-corrected chi connectivity index (χ1v) is 6.08. The summed E-state index contributed by atoms with van der Waals surface area (Å²) in [4.78, 5) is 0. The highest BCUT2D eigenvalue weighted by atomic mass is 16.5. The first kappa shape index (κ1) is 14.8. The summed E-state index contributed by atoms with van der Waals surface area (Å²) in [5, 5.41) is 0. The Labute approximate surface area is 100 Å². The van der Waals surface area contributed by atoms with Gasteiger partial charge in [0.2, 0.25) is 0 Å². The largest absolute Gasteiger partial charge is 0.499 e. The molecule has 0 spiro atoms. The molecule has 1 nitrogen and oxygen atoms in total. The fourth-order valence-electron chi connectivity index (χ4n) is 1.43. The number of hydrogen-bond donors (Lipinski definition) is 0. The zero-order valence-corrected chi connectivity index (χ0v) is 11.0. The van der Waals surface area contributed by atoms with E-state index in [1.807, 2.05) is 20.8 Å². The van der Waals surface area contributed by atoms with Gasteiger partial charge in [0.15, 0.2) is 0 Å². The number of hydrogen-bond acceptors (Lipinski definition) is 1. The summed E-state index contributed by atoms with van der Waals surface area (Å²) in [5.41, 5.74) is 2.66. The van der Waals surface area contributed by atoms with Crippen molar-refractivity contribution in [1.82, 2.24) is 0 Å². The number of benzene rings is 1. The van der Waals surface area contributed by atoms with Gasteiger partial charge in [0, 0.05) is 6.42 Å². The maximum Gasteiger partial charge on any atom is 0.0891 e. The second kappa shape index (κ2) is 9.02. The van der Waals surface area contributed by atoms with Crippen molar-refractivity contribution in [1.29, 1.82) is 0 Å². The molecule has 0 fully saturated rings. The third-order valence-corrected chi connectivity index (χ3v) is 2.12. The summed E-state index contributed by atoms with van der Waals surface area (Å²) in [6, 6.07) is 8.56. The Morgan fingerprint density at radius 2 is 2.00 bits per heavy atom. The molecule has 0 saturated carbocycles. The van der Waals surface area contributed by atoms with E-state index in [4.69, 9.17) is 4.74 Å². The van der Waals surface area contributed by atoms with Gasteiger partial charge in [-0.1, -0.05) is 50.3 Å². The van der Waals surface area contributed by atoms with Crippen LogP contribution in [0.3, 0.4) is 0 Å². The number of rotatable bonds is 5. The highest BCUT2D eigenvalue weighted by Gasteiger charge is 1.96. The minimum atomic E-state index is 0.715. The first-order chi connectivity index (χ1) is 7.72.